The quantitative estimate of drug-likeness (QED) is 0.758. The van der Waals surface area contributed by atoms with Gasteiger partial charge < -0.3 is 13.6 Å². The molecule has 0 atom stereocenters. The maximum Gasteiger partial charge on any atom is 0.501 e. The minimum Gasteiger partial charge on any atom is -0.390 e. The molecule has 16 heavy (non-hydrogen) atoms. The van der Waals surface area contributed by atoms with E-state index in [1.165, 1.54) is 19.3 Å². The molecule has 1 aliphatic rings. The van der Waals surface area contributed by atoms with Gasteiger partial charge in [-0.2, -0.15) is 0 Å². The first-order valence-electron chi connectivity index (χ1n) is 6.52. The lowest BCUT2D eigenvalue weighted by Gasteiger charge is -2.36. The molecule has 0 amide bonds. The Morgan fingerprint density at radius 2 is 1.38 bits per heavy atom. The van der Waals surface area contributed by atoms with Crippen LogP contribution in [0, 0.1) is 0 Å². The minimum absolute atomic E-state index is 0.0392. The second-order valence-electron chi connectivity index (χ2n) is 5.30. The first-order chi connectivity index (χ1) is 7.44. The van der Waals surface area contributed by atoms with Crippen molar-refractivity contribution in [3.63, 3.8) is 0 Å². The van der Waals surface area contributed by atoms with Crippen LogP contribution in [0.1, 0.15) is 59.8 Å². The Morgan fingerprint density at radius 3 is 1.75 bits per heavy atom. The highest BCUT2D eigenvalue weighted by atomic mass is 28.4. The van der Waals surface area contributed by atoms with E-state index in [2.05, 4.69) is 0 Å². The fourth-order valence-corrected chi connectivity index (χ4v) is 5.29. The number of hydrogen-bond donors (Lipinski definition) is 1. The van der Waals surface area contributed by atoms with E-state index >= 15 is 0 Å². The fourth-order valence-electron chi connectivity index (χ4n) is 2.36. The third-order valence-electron chi connectivity index (χ3n) is 2.93. The molecular weight excluding hydrogens is 220 g/mol. The summed E-state index contributed by atoms with van der Waals surface area (Å²) >= 11 is 0. The van der Waals surface area contributed by atoms with Crippen molar-refractivity contribution in [2.75, 3.05) is 0 Å². The molecule has 4 heteroatoms. The Kier molecular flexibility index (Phi) is 5.44. The van der Waals surface area contributed by atoms with E-state index in [4.69, 9.17) is 8.85 Å². The normalized spacial score (nSPS) is 19.7. The van der Waals surface area contributed by atoms with Gasteiger partial charge in [-0.15, -0.1) is 0 Å². The van der Waals surface area contributed by atoms with E-state index in [1.54, 1.807) is 0 Å². The first kappa shape index (κ1) is 14.2. The summed E-state index contributed by atoms with van der Waals surface area (Å²) in [5, 5.41) is 0. The molecule has 1 saturated carbocycles. The van der Waals surface area contributed by atoms with E-state index in [9.17, 15) is 4.80 Å². The molecule has 1 fully saturated rings. The van der Waals surface area contributed by atoms with Crippen LogP contribution in [0.3, 0.4) is 0 Å². The molecule has 0 saturated heterocycles. The summed E-state index contributed by atoms with van der Waals surface area (Å²) in [6, 6.07) is 0. The molecule has 1 rings (SSSR count). The van der Waals surface area contributed by atoms with Gasteiger partial charge in [-0.05, 0) is 40.5 Å². The second kappa shape index (κ2) is 6.14. The minimum atomic E-state index is -2.97. The summed E-state index contributed by atoms with van der Waals surface area (Å²) in [5.41, 5.74) is 0.256. The molecule has 0 aromatic rings. The Hall–Kier alpha value is 0.0969. The SMILES string of the molecule is CC(C)O[Si](O)(OC(C)C)C1CCCCC1. The summed E-state index contributed by atoms with van der Waals surface area (Å²) in [7, 11) is -2.97. The Morgan fingerprint density at radius 1 is 0.938 bits per heavy atom. The summed E-state index contributed by atoms with van der Waals surface area (Å²) in [4.78, 5) is 10.7. The average Bonchev–Trinajstić information content (AvgIpc) is 2.16. The Bertz CT molecular complexity index is 190. The molecule has 0 spiro atoms. The van der Waals surface area contributed by atoms with Gasteiger partial charge in [-0.25, -0.2) is 0 Å². The molecule has 0 aliphatic heterocycles. The number of rotatable bonds is 5. The topological polar surface area (TPSA) is 38.7 Å². The average molecular weight is 246 g/mol. The van der Waals surface area contributed by atoms with E-state index in [0.717, 1.165) is 12.8 Å². The fraction of sp³-hybridized carbons (Fsp3) is 1.00. The summed E-state index contributed by atoms with van der Waals surface area (Å²) in [5.74, 6) is 0. The smallest absolute Gasteiger partial charge is 0.390 e. The highest BCUT2D eigenvalue weighted by Crippen LogP contribution is 2.37. The maximum atomic E-state index is 10.7. The molecule has 0 unspecified atom stereocenters. The van der Waals surface area contributed by atoms with Crippen LogP contribution in [0.5, 0.6) is 0 Å². The van der Waals surface area contributed by atoms with Crippen LogP contribution in [0.4, 0.5) is 0 Å². The predicted octanol–water partition coefficient (Wildman–Crippen LogP) is 3.10. The van der Waals surface area contributed by atoms with Crippen molar-refractivity contribution in [3.05, 3.63) is 0 Å². The van der Waals surface area contributed by atoms with Gasteiger partial charge in [0.15, 0.2) is 0 Å². The molecule has 0 aromatic carbocycles. The van der Waals surface area contributed by atoms with E-state index < -0.39 is 8.80 Å². The lowest BCUT2D eigenvalue weighted by molar-refractivity contribution is 0.0348. The van der Waals surface area contributed by atoms with Crippen LogP contribution < -0.4 is 0 Å². The third kappa shape index (κ3) is 4.16. The molecule has 1 N–H and O–H groups in total. The van der Waals surface area contributed by atoms with E-state index in [-0.39, 0.29) is 17.7 Å². The van der Waals surface area contributed by atoms with Crippen LogP contribution in [0.15, 0.2) is 0 Å². The molecule has 0 aromatic heterocycles. The molecule has 96 valence electrons. The van der Waals surface area contributed by atoms with Gasteiger partial charge in [-0.3, -0.25) is 0 Å². The molecule has 0 radical (unpaired) electrons. The van der Waals surface area contributed by atoms with Crippen molar-refractivity contribution < 1.29 is 13.6 Å². The monoisotopic (exact) mass is 246 g/mol. The van der Waals surface area contributed by atoms with Crippen LogP contribution in [-0.4, -0.2) is 25.8 Å². The van der Waals surface area contributed by atoms with Crippen LogP contribution in [0.25, 0.3) is 0 Å². The molecular formula is C12H26O3Si. The van der Waals surface area contributed by atoms with Crippen LogP contribution in [0.2, 0.25) is 5.54 Å². The molecule has 1 aliphatic carbocycles. The lowest BCUT2D eigenvalue weighted by Crippen LogP contribution is -2.51. The third-order valence-corrected chi connectivity index (χ3v) is 6.16. The maximum absolute atomic E-state index is 10.7. The van der Waals surface area contributed by atoms with Crippen LogP contribution >= 0.6 is 0 Å². The van der Waals surface area contributed by atoms with Gasteiger partial charge in [-0.1, -0.05) is 19.3 Å². The Balaban J connectivity index is 2.67. The summed E-state index contributed by atoms with van der Waals surface area (Å²) in [6.07, 6.45) is 5.87. The molecule has 0 bridgehead atoms. The summed E-state index contributed by atoms with van der Waals surface area (Å²) in [6.45, 7) is 7.85. The highest BCUT2D eigenvalue weighted by molar-refractivity contribution is 6.61. The number of hydrogen-bond acceptors (Lipinski definition) is 3. The zero-order valence-corrected chi connectivity index (χ0v) is 12.0. The van der Waals surface area contributed by atoms with Gasteiger partial charge in [0.05, 0.1) is 0 Å². The van der Waals surface area contributed by atoms with Gasteiger partial charge in [0.25, 0.3) is 0 Å². The van der Waals surface area contributed by atoms with Crippen molar-refractivity contribution in [1.82, 2.24) is 0 Å². The van der Waals surface area contributed by atoms with Gasteiger partial charge in [0, 0.05) is 17.7 Å². The van der Waals surface area contributed by atoms with Crippen molar-refractivity contribution in [2.24, 2.45) is 0 Å². The van der Waals surface area contributed by atoms with Gasteiger partial charge >= 0.3 is 8.80 Å². The van der Waals surface area contributed by atoms with Crippen molar-refractivity contribution >= 4 is 8.80 Å². The standard InChI is InChI=1S/C12H26O3Si/c1-10(2)14-16(13,15-11(3)4)12-8-6-5-7-9-12/h10-13H,5-9H2,1-4H3. The molecule has 3 nitrogen and oxygen atoms in total. The van der Waals surface area contributed by atoms with Crippen molar-refractivity contribution in [1.29, 1.82) is 0 Å². The highest BCUT2D eigenvalue weighted by Gasteiger charge is 2.47. The zero-order valence-electron chi connectivity index (χ0n) is 11.0. The van der Waals surface area contributed by atoms with Crippen LogP contribution in [-0.2, 0) is 8.85 Å². The second-order valence-corrected chi connectivity index (χ2v) is 7.85. The predicted molar refractivity (Wildman–Crippen MR) is 67.2 cm³/mol. The Labute approximate surface area is 101 Å². The van der Waals surface area contributed by atoms with Gasteiger partial charge in [0.1, 0.15) is 0 Å². The largest absolute Gasteiger partial charge is 0.501 e. The molecule has 0 heterocycles. The van der Waals surface area contributed by atoms with Crippen molar-refractivity contribution in [2.45, 2.75) is 77.5 Å². The lowest BCUT2D eigenvalue weighted by atomic mass is 10.0. The van der Waals surface area contributed by atoms with E-state index in [1.807, 2.05) is 27.7 Å². The zero-order chi connectivity index (χ0) is 12.2. The van der Waals surface area contributed by atoms with E-state index in [0.29, 0.717) is 0 Å². The van der Waals surface area contributed by atoms with Gasteiger partial charge in [0.2, 0.25) is 0 Å². The first-order valence-corrected chi connectivity index (χ1v) is 8.36. The van der Waals surface area contributed by atoms with Crippen molar-refractivity contribution in [3.8, 4) is 0 Å². The summed E-state index contributed by atoms with van der Waals surface area (Å²) < 4.78 is 11.5.